The van der Waals surface area contributed by atoms with Crippen LogP contribution in [0.2, 0.25) is 0 Å². The molecule has 2 atom stereocenters. The van der Waals surface area contributed by atoms with Gasteiger partial charge in [-0.05, 0) is 43.7 Å². The first-order valence-corrected chi connectivity index (χ1v) is 9.21. The zero-order valence-corrected chi connectivity index (χ0v) is 15.6. The van der Waals surface area contributed by atoms with Crippen molar-refractivity contribution in [3.63, 3.8) is 0 Å². The normalized spacial score (nSPS) is 13.2. The number of hydrogen-bond acceptors (Lipinski definition) is 4. The van der Waals surface area contributed by atoms with Crippen LogP contribution in [-0.4, -0.2) is 25.9 Å². The highest BCUT2D eigenvalue weighted by Crippen LogP contribution is 2.25. The summed E-state index contributed by atoms with van der Waals surface area (Å²) in [5.74, 6) is -0.935. The van der Waals surface area contributed by atoms with Crippen LogP contribution < -0.4 is 5.32 Å². The van der Waals surface area contributed by atoms with Crippen molar-refractivity contribution in [1.82, 2.24) is 20.1 Å². The van der Waals surface area contributed by atoms with Gasteiger partial charge in [-0.2, -0.15) is 0 Å². The summed E-state index contributed by atoms with van der Waals surface area (Å²) in [7, 11) is 0. The van der Waals surface area contributed by atoms with Crippen LogP contribution in [0, 0.1) is 11.6 Å². The van der Waals surface area contributed by atoms with Crippen LogP contribution in [0.1, 0.15) is 25.5 Å². The number of rotatable bonds is 6. The van der Waals surface area contributed by atoms with E-state index in [-0.39, 0.29) is 17.8 Å². The number of hydrogen-bond donors (Lipinski definition) is 1. The molecule has 0 spiro atoms. The molecule has 5 nitrogen and oxygen atoms in total. The molecule has 2 aromatic carbocycles. The minimum atomic E-state index is -0.484. The number of thioether (sulfide) groups is 1. The molecule has 1 amide bonds. The largest absolute Gasteiger partial charge is 0.349 e. The Morgan fingerprint density at radius 1 is 1.11 bits per heavy atom. The highest BCUT2D eigenvalue weighted by atomic mass is 32.2. The van der Waals surface area contributed by atoms with E-state index >= 15 is 0 Å². The number of benzene rings is 2. The summed E-state index contributed by atoms with van der Waals surface area (Å²) in [4.78, 5) is 12.5. The fraction of sp³-hybridized carbons (Fsp3) is 0.211. The fourth-order valence-corrected chi connectivity index (χ4v) is 3.34. The Kier molecular flexibility index (Phi) is 5.85. The van der Waals surface area contributed by atoms with Crippen LogP contribution in [-0.2, 0) is 4.79 Å². The van der Waals surface area contributed by atoms with E-state index in [0.717, 1.165) is 5.56 Å². The van der Waals surface area contributed by atoms with E-state index in [9.17, 15) is 13.6 Å². The molecule has 0 aliphatic rings. The number of amides is 1. The number of carbonyl (C=O) groups excluding carboxylic acids is 1. The highest BCUT2D eigenvalue weighted by Gasteiger charge is 2.21. The van der Waals surface area contributed by atoms with Crippen molar-refractivity contribution in [2.24, 2.45) is 0 Å². The van der Waals surface area contributed by atoms with Gasteiger partial charge in [0.1, 0.15) is 18.0 Å². The summed E-state index contributed by atoms with van der Waals surface area (Å²) in [5, 5.41) is 10.6. The minimum Gasteiger partial charge on any atom is -0.349 e. The minimum absolute atomic E-state index is 0.208. The molecule has 1 N–H and O–H groups in total. The summed E-state index contributed by atoms with van der Waals surface area (Å²) >= 11 is 1.18. The van der Waals surface area contributed by atoms with Gasteiger partial charge in [0.05, 0.1) is 17.0 Å². The molecule has 0 aliphatic carbocycles. The third-order valence-electron chi connectivity index (χ3n) is 4.01. The van der Waals surface area contributed by atoms with Crippen molar-refractivity contribution in [1.29, 1.82) is 0 Å². The van der Waals surface area contributed by atoms with Gasteiger partial charge in [-0.1, -0.05) is 36.0 Å². The third-order valence-corrected chi connectivity index (χ3v) is 5.07. The lowest BCUT2D eigenvalue weighted by Gasteiger charge is -2.17. The number of nitrogens with zero attached hydrogens (tertiary/aromatic N) is 3. The van der Waals surface area contributed by atoms with Crippen molar-refractivity contribution in [2.75, 3.05) is 0 Å². The summed E-state index contributed by atoms with van der Waals surface area (Å²) in [6.07, 6.45) is 1.41. The second-order valence-electron chi connectivity index (χ2n) is 5.98. The molecule has 1 heterocycles. The number of aromatic nitrogens is 3. The van der Waals surface area contributed by atoms with Gasteiger partial charge in [-0.15, -0.1) is 10.2 Å². The number of nitrogens with one attached hydrogen (secondary N) is 1. The smallest absolute Gasteiger partial charge is 0.233 e. The van der Waals surface area contributed by atoms with Gasteiger partial charge in [0.2, 0.25) is 5.91 Å². The van der Waals surface area contributed by atoms with Gasteiger partial charge in [0.25, 0.3) is 0 Å². The zero-order chi connectivity index (χ0) is 19.4. The lowest BCUT2D eigenvalue weighted by atomic mass is 10.1. The highest BCUT2D eigenvalue weighted by molar-refractivity contribution is 8.00. The molecule has 0 unspecified atom stereocenters. The predicted octanol–water partition coefficient (Wildman–Crippen LogP) is 3.90. The van der Waals surface area contributed by atoms with Crippen LogP contribution in [0.4, 0.5) is 8.78 Å². The Labute approximate surface area is 159 Å². The molecular weight excluding hydrogens is 370 g/mol. The van der Waals surface area contributed by atoms with Crippen LogP contribution in [0.5, 0.6) is 0 Å². The zero-order valence-electron chi connectivity index (χ0n) is 14.8. The number of carbonyl (C=O) groups is 1. The molecule has 3 aromatic rings. The van der Waals surface area contributed by atoms with Gasteiger partial charge in [-0.3, -0.25) is 9.36 Å². The van der Waals surface area contributed by atoms with E-state index < -0.39 is 11.1 Å². The molecule has 0 bridgehead atoms. The van der Waals surface area contributed by atoms with Crippen molar-refractivity contribution < 1.29 is 13.6 Å². The molecule has 0 saturated heterocycles. The van der Waals surface area contributed by atoms with E-state index in [1.807, 2.05) is 6.92 Å². The monoisotopic (exact) mass is 388 g/mol. The Hall–Kier alpha value is -2.74. The molecule has 140 valence electrons. The molecule has 1 aromatic heterocycles. The fourth-order valence-electron chi connectivity index (χ4n) is 2.49. The van der Waals surface area contributed by atoms with E-state index in [2.05, 4.69) is 15.5 Å². The van der Waals surface area contributed by atoms with Crippen molar-refractivity contribution in [2.45, 2.75) is 30.3 Å². The van der Waals surface area contributed by atoms with Gasteiger partial charge in [0.15, 0.2) is 5.16 Å². The summed E-state index contributed by atoms with van der Waals surface area (Å²) in [6, 6.07) is 12.0. The lowest BCUT2D eigenvalue weighted by Crippen LogP contribution is -2.33. The standard InChI is InChI=1S/C19H18F2N4OS/c1-12(14-7-9-15(20)10-8-14)23-18(26)13(2)27-19-24-22-11-25(19)17-6-4-3-5-16(17)21/h3-13H,1-2H3,(H,23,26)/t12-,13-/m0/s1. The number of para-hydroxylation sites is 1. The Morgan fingerprint density at radius 2 is 1.81 bits per heavy atom. The summed E-state index contributed by atoms with van der Waals surface area (Å²) < 4.78 is 28.6. The number of halogens is 2. The first-order valence-electron chi connectivity index (χ1n) is 8.33. The summed E-state index contributed by atoms with van der Waals surface area (Å²) in [5.41, 5.74) is 1.12. The maximum atomic E-state index is 14.0. The predicted molar refractivity (Wildman–Crippen MR) is 99.6 cm³/mol. The second-order valence-corrected chi connectivity index (χ2v) is 7.28. The van der Waals surface area contributed by atoms with Crippen LogP contribution in [0.25, 0.3) is 5.69 Å². The Morgan fingerprint density at radius 3 is 2.52 bits per heavy atom. The SMILES string of the molecule is C[C@H](Sc1nncn1-c1ccccc1F)C(=O)N[C@@H](C)c1ccc(F)cc1. The topological polar surface area (TPSA) is 59.8 Å². The molecule has 27 heavy (non-hydrogen) atoms. The van der Waals surface area contributed by atoms with E-state index in [4.69, 9.17) is 0 Å². The Balaban J connectivity index is 1.68. The molecule has 3 rings (SSSR count). The van der Waals surface area contributed by atoms with Crippen LogP contribution >= 0.6 is 11.8 Å². The van der Waals surface area contributed by atoms with Gasteiger partial charge >= 0.3 is 0 Å². The van der Waals surface area contributed by atoms with Crippen molar-refractivity contribution >= 4 is 17.7 Å². The van der Waals surface area contributed by atoms with Crippen LogP contribution in [0.3, 0.4) is 0 Å². The van der Waals surface area contributed by atoms with Gasteiger partial charge < -0.3 is 5.32 Å². The molecule has 0 saturated carbocycles. The first-order chi connectivity index (χ1) is 13.0. The average Bonchev–Trinajstić information content (AvgIpc) is 3.10. The van der Waals surface area contributed by atoms with Crippen LogP contribution in [0.15, 0.2) is 60.0 Å². The quantitative estimate of drug-likeness (QED) is 0.651. The average molecular weight is 388 g/mol. The molecule has 8 heteroatoms. The summed E-state index contributed by atoms with van der Waals surface area (Å²) in [6.45, 7) is 3.56. The van der Waals surface area contributed by atoms with Gasteiger partial charge in [0, 0.05) is 0 Å². The van der Waals surface area contributed by atoms with Crippen molar-refractivity contribution in [3.8, 4) is 5.69 Å². The second kappa shape index (κ2) is 8.30. The van der Waals surface area contributed by atoms with Gasteiger partial charge in [-0.25, -0.2) is 8.78 Å². The van der Waals surface area contributed by atoms with Crippen molar-refractivity contribution in [3.05, 3.63) is 72.1 Å². The maximum absolute atomic E-state index is 14.0. The van der Waals surface area contributed by atoms with E-state index in [0.29, 0.717) is 10.8 Å². The molecule has 0 aliphatic heterocycles. The lowest BCUT2D eigenvalue weighted by molar-refractivity contribution is -0.120. The first kappa shape index (κ1) is 19.0. The maximum Gasteiger partial charge on any atom is 0.233 e. The van der Waals surface area contributed by atoms with E-state index in [1.165, 1.54) is 40.9 Å². The molecule has 0 radical (unpaired) electrons. The van der Waals surface area contributed by atoms with E-state index in [1.54, 1.807) is 37.3 Å². The molecular formula is C19H18F2N4OS. The Bertz CT molecular complexity index is 929. The molecule has 0 fully saturated rings. The third kappa shape index (κ3) is 4.51.